The van der Waals surface area contributed by atoms with Crippen LogP contribution in [0.4, 0.5) is 0 Å². The molecule has 0 N–H and O–H groups in total. The van der Waals surface area contributed by atoms with Gasteiger partial charge in [-0.3, -0.25) is 0 Å². The van der Waals surface area contributed by atoms with E-state index in [0.717, 1.165) is 0 Å². The highest BCUT2D eigenvalue weighted by Crippen LogP contribution is 2.08. The lowest BCUT2D eigenvalue weighted by Gasteiger charge is -1.97. The molecular weight excluding hydrogens is 192 g/mol. The van der Waals surface area contributed by atoms with Crippen LogP contribution >= 0.6 is 0 Å². The fourth-order valence-electron chi connectivity index (χ4n) is 1.83. The van der Waals surface area contributed by atoms with Crippen LogP contribution < -0.4 is 0 Å². The summed E-state index contributed by atoms with van der Waals surface area (Å²) in [6.45, 7) is 2.27. The van der Waals surface area contributed by atoms with Crippen LogP contribution in [-0.4, -0.2) is 0 Å². The van der Waals surface area contributed by atoms with E-state index >= 15 is 0 Å². The van der Waals surface area contributed by atoms with Crippen LogP contribution in [0.15, 0.2) is 36.4 Å². The number of hydrogen-bond acceptors (Lipinski definition) is 0. The zero-order valence-corrected chi connectivity index (χ0v) is 10.5. The van der Waals surface area contributed by atoms with Gasteiger partial charge < -0.3 is 0 Å². The first-order chi connectivity index (χ1) is 7.93. The molecule has 0 fully saturated rings. The van der Waals surface area contributed by atoms with Crippen molar-refractivity contribution in [2.45, 2.75) is 51.9 Å². The van der Waals surface area contributed by atoms with Gasteiger partial charge in [-0.25, -0.2) is 0 Å². The Balaban J connectivity index is 2.01. The Bertz CT molecular complexity index is 271. The van der Waals surface area contributed by atoms with E-state index in [2.05, 4.69) is 49.4 Å². The molecule has 0 heteroatoms. The van der Waals surface area contributed by atoms with Crippen molar-refractivity contribution in [2.24, 2.45) is 0 Å². The van der Waals surface area contributed by atoms with Crippen LogP contribution in [0, 0.1) is 0 Å². The maximum atomic E-state index is 2.30. The molecule has 0 unspecified atom stereocenters. The Labute approximate surface area is 100 Å². The van der Waals surface area contributed by atoms with Crippen LogP contribution in [0.25, 0.3) is 6.08 Å². The first kappa shape index (κ1) is 13.0. The SMILES string of the molecule is CCCCCCCC/C=C/c1ccccc1. The van der Waals surface area contributed by atoms with Gasteiger partial charge in [0.25, 0.3) is 0 Å². The van der Waals surface area contributed by atoms with Gasteiger partial charge in [0.15, 0.2) is 0 Å². The van der Waals surface area contributed by atoms with Crippen LogP contribution in [-0.2, 0) is 0 Å². The molecule has 0 nitrogen and oxygen atoms in total. The molecule has 0 spiro atoms. The summed E-state index contributed by atoms with van der Waals surface area (Å²) in [5.74, 6) is 0. The Hall–Kier alpha value is -1.04. The summed E-state index contributed by atoms with van der Waals surface area (Å²) < 4.78 is 0. The number of allylic oxidation sites excluding steroid dienone is 1. The van der Waals surface area contributed by atoms with E-state index < -0.39 is 0 Å². The predicted molar refractivity (Wildman–Crippen MR) is 73.5 cm³/mol. The van der Waals surface area contributed by atoms with E-state index in [9.17, 15) is 0 Å². The quantitative estimate of drug-likeness (QED) is 0.507. The van der Waals surface area contributed by atoms with Gasteiger partial charge in [-0.1, -0.05) is 81.5 Å². The van der Waals surface area contributed by atoms with Crippen LogP contribution in [0.3, 0.4) is 0 Å². The summed E-state index contributed by atoms with van der Waals surface area (Å²) in [7, 11) is 0. The van der Waals surface area contributed by atoms with E-state index in [1.165, 1.54) is 50.5 Å². The molecular formula is C16H24. The third kappa shape index (κ3) is 6.44. The van der Waals surface area contributed by atoms with E-state index in [-0.39, 0.29) is 0 Å². The molecule has 0 aromatic heterocycles. The molecule has 0 atom stereocenters. The Morgan fingerprint density at radius 3 is 2.31 bits per heavy atom. The summed E-state index contributed by atoms with van der Waals surface area (Å²) in [5, 5.41) is 0. The first-order valence-electron chi connectivity index (χ1n) is 6.65. The number of unbranched alkanes of at least 4 members (excludes halogenated alkanes) is 6. The lowest BCUT2D eigenvalue weighted by Crippen LogP contribution is -1.77. The minimum absolute atomic E-state index is 1.22. The van der Waals surface area contributed by atoms with Gasteiger partial charge in [-0.15, -0.1) is 0 Å². The second kappa shape index (κ2) is 9.21. The minimum Gasteiger partial charge on any atom is -0.0839 e. The predicted octanol–water partition coefficient (Wildman–Crippen LogP) is 5.45. The van der Waals surface area contributed by atoms with Gasteiger partial charge >= 0.3 is 0 Å². The maximum Gasteiger partial charge on any atom is -0.0260 e. The van der Waals surface area contributed by atoms with E-state index in [1.807, 2.05) is 0 Å². The first-order valence-corrected chi connectivity index (χ1v) is 6.65. The van der Waals surface area contributed by atoms with Crippen molar-refractivity contribution in [1.29, 1.82) is 0 Å². The zero-order valence-electron chi connectivity index (χ0n) is 10.5. The molecule has 0 aliphatic carbocycles. The van der Waals surface area contributed by atoms with Crippen molar-refractivity contribution in [2.75, 3.05) is 0 Å². The van der Waals surface area contributed by atoms with Crippen molar-refractivity contribution in [3.63, 3.8) is 0 Å². The second-order valence-corrected chi connectivity index (χ2v) is 4.37. The van der Waals surface area contributed by atoms with Gasteiger partial charge in [0, 0.05) is 0 Å². The third-order valence-electron chi connectivity index (χ3n) is 2.83. The largest absolute Gasteiger partial charge is 0.0839 e. The van der Waals surface area contributed by atoms with E-state index in [0.29, 0.717) is 0 Å². The molecule has 0 bridgehead atoms. The second-order valence-electron chi connectivity index (χ2n) is 4.37. The molecule has 0 heterocycles. The standard InChI is InChI=1S/C16H24/c1-2-3-4-5-6-7-8-10-13-16-14-11-9-12-15-16/h9-15H,2-8H2,1H3/b13-10+. The smallest absolute Gasteiger partial charge is 0.0260 e. The normalized spacial score (nSPS) is 11.1. The minimum atomic E-state index is 1.22. The molecule has 0 amide bonds. The molecule has 1 aromatic carbocycles. The number of benzene rings is 1. The molecule has 88 valence electrons. The highest BCUT2D eigenvalue weighted by atomic mass is 13.9. The van der Waals surface area contributed by atoms with Crippen molar-refractivity contribution in [3.05, 3.63) is 42.0 Å². The lowest BCUT2D eigenvalue weighted by atomic mass is 10.1. The van der Waals surface area contributed by atoms with Crippen molar-refractivity contribution in [1.82, 2.24) is 0 Å². The topological polar surface area (TPSA) is 0 Å². The average molecular weight is 216 g/mol. The van der Waals surface area contributed by atoms with Gasteiger partial charge in [-0.05, 0) is 18.4 Å². The van der Waals surface area contributed by atoms with E-state index in [4.69, 9.17) is 0 Å². The molecule has 0 aliphatic heterocycles. The molecule has 0 radical (unpaired) electrons. The van der Waals surface area contributed by atoms with E-state index in [1.54, 1.807) is 0 Å². The summed E-state index contributed by atoms with van der Waals surface area (Å²) in [6, 6.07) is 10.5. The molecule has 1 aromatic rings. The Kier molecular flexibility index (Phi) is 7.49. The maximum absolute atomic E-state index is 2.30. The van der Waals surface area contributed by atoms with Gasteiger partial charge in [-0.2, -0.15) is 0 Å². The van der Waals surface area contributed by atoms with Crippen LogP contribution in [0.2, 0.25) is 0 Å². The van der Waals surface area contributed by atoms with Gasteiger partial charge in [0.2, 0.25) is 0 Å². The molecule has 0 aliphatic rings. The molecule has 0 saturated carbocycles. The number of rotatable bonds is 8. The van der Waals surface area contributed by atoms with Gasteiger partial charge in [0.1, 0.15) is 0 Å². The van der Waals surface area contributed by atoms with Crippen molar-refractivity contribution in [3.8, 4) is 0 Å². The lowest BCUT2D eigenvalue weighted by molar-refractivity contribution is 0.611. The fourth-order valence-corrected chi connectivity index (χ4v) is 1.83. The van der Waals surface area contributed by atoms with Gasteiger partial charge in [0.05, 0.1) is 0 Å². The summed E-state index contributed by atoms with van der Waals surface area (Å²) in [6.07, 6.45) is 14.0. The zero-order chi connectivity index (χ0) is 11.5. The monoisotopic (exact) mass is 216 g/mol. The molecule has 16 heavy (non-hydrogen) atoms. The average Bonchev–Trinajstić information content (AvgIpc) is 2.34. The summed E-state index contributed by atoms with van der Waals surface area (Å²) in [5.41, 5.74) is 1.31. The summed E-state index contributed by atoms with van der Waals surface area (Å²) >= 11 is 0. The highest BCUT2D eigenvalue weighted by Gasteiger charge is 1.88. The molecule has 0 saturated heterocycles. The van der Waals surface area contributed by atoms with Crippen molar-refractivity contribution >= 4 is 6.08 Å². The highest BCUT2D eigenvalue weighted by molar-refractivity contribution is 5.48. The summed E-state index contributed by atoms with van der Waals surface area (Å²) in [4.78, 5) is 0. The third-order valence-corrected chi connectivity index (χ3v) is 2.83. The van der Waals surface area contributed by atoms with Crippen molar-refractivity contribution < 1.29 is 0 Å². The number of hydrogen-bond donors (Lipinski definition) is 0. The fraction of sp³-hybridized carbons (Fsp3) is 0.500. The van der Waals surface area contributed by atoms with Crippen LogP contribution in [0.5, 0.6) is 0 Å². The van der Waals surface area contributed by atoms with Crippen LogP contribution in [0.1, 0.15) is 57.4 Å². The Morgan fingerprint density at radius 1 is 0.875 bits per heavy atom. The Morgan fingerprint density at radius 2 is 1.56 bits per heavy atom. The molecule has 1 rings (SSSR count).